The van der Waals surface area contributed by atoms with E-state index in [9.17, 15) is 4.79 Å². The fraction of sp³-hybridized carbons (Fsp3) is 0.909. The fourth-order valence-electron chi connectivity index (χ4n) is 1.56. The van der Waals surface area contributed by atoms with Crippen LogP contribution in [0, 0.1) is 5.41 Å². The van der Waals surface area contributed by atoms with E-state index in [-0.39, 0.29) is 11.3 Å². The first-order chi connectivity index (χ1) is 7.16. The monoisotopic (exact) mass is 216 g/mol. The average molecular weight is 216 g/mol. The third-order valence-electron chi connectivity index (χ3n) is 3.04. The summed E-state index contributed by atoms with van der Waals surface area (Å²) in [6.45, 7) is 5.76. The lowest BCUT2D eigenvalue weighted by atomic mass is 9.81. The lowest BCUT2D eigenvalue weighted by Gasteiger charge is -2.28. The summed E-state index contributed by atoms with van der Waals surface area (Å²) < 4.78 is 4.91. The minimum atomic E-state index is -0.382. The van der Waals surface area contributed by atoms with Crippen LogP contribution < -0.4 is 11.1 Å². The molecule has 4 nitrogen and oxygen atoms in total. The van der Waals surface area contributed by atoms with Crippen LogP contribution in [0.25, 0.3) is 0 Å². The van der Waals surface area contributed by atoms with Crippen LogP contribution in [0.1, 0.15) is 33.1 Å². The van der Waals surface area contributed by atoms with Gasteiger partial charge in [-0.05, 0) is 19.3 Å². The van der Waals surface area contributed by atoms with E-state index in [1.165, 1.54) is 0 Å². The second-order valence-corrected chi connectivity index (χ2v) is 3.79. The topological polar surface area (TPSA) is 64.4 Å². The highest BCUT2D eigenvalue weighted by atomic mass is 16.5. The van der Waals surface area contributed by atoms with Crippen molar-refractivity contribution in [2.45, 2.75) is 33.1 Å². The molecule has 90 valence electrons. The molecule has 0 saturated carbocycles. The molecule has 0 spiro atoms. The maximum Gasteiger partial charge on any atom is 0.227 e. The number of carbonyl (C=O) groups is 1. The Morgan fingerprint density at radius 3 is 2.40 bits per heavy atom. The molecule has 0 aliphatic carbocycles. The molecule has 0 aromatic heterocycles. The van der Waals surface area contributed by atoms with Gasteiger partial charge in [0.05, 0.1) is 5.41 Å². The van der Waals surface area contributed by atoms with Crippen molar-refractivity contribution in [3.63, 3.8) is 0 Å². The predicted molar refractivity (Wildman–Crippen MR) is 61.6 cm³/mol. The molecule has 0 fully saturated rings. The number of hydrogen-bond donors (Lipinski definition) is 2. The molecule has 4 heteroatoms. The van der Waals surface area contributed by atoms with Gasteiger partial charge in [0.15, 0.2) is 0 Å². The molecule has 0 aromatic rings. The van der Waals surface area contributed by atoms with Crippen molar-refractivity contribution in [1.82, 2.24) is 5.32 Å². The molecule has 0 bridgehead atoms. The van der Waals surface area contributed by atoms with Gasteiger partial charge in [-0.15, -0.1) is 0 Å². The summed E-state index contributed by atoms with van der Waals surface area (Å²) in [5, 5.41) is 2.91. The first-order valence-corrected chi connectivity index (χ1v) is 5.64. The maximum absolute atomic E-state index is 11.9. The Bertz CT molecular complexity index is 171. The van der Waals surface area contributed by atoms with Gasteiger partial charge < -0.3 is 15.8 Å². The first-order valence-electron chi connectivity index (χ1n) is 5.64. The van der Waals surface area contributed by atoms with Crippen LogP contribution in [-0.4, -0.2) is 32.7 Å². The molecule has 0 radical (unpaired) electrons. The Morgan fingerprint density at radius 2 is 2.00 bits per heavy atom. The second kappa shape index (κ2) is 7.65. The molecule has 3 N–H and O–H groups in total. The van der Waals surface area contributed by atoms with Crippen molar-refractivity contribution >= 4 is 5.91 Å². The van der Waals surface area contributed by atoms with Gasteiger partial charge >= 0.3 is 0 Å². The Balaban J connectivity index is 4.04. The van der Waals surface area contributed by atoms with Crippen molar-refractivity contribution in [1.29, 1.82) is 0 Å². The van der Waals surface area contributed by atoms with E-state index in [4.69, 9.17) is 10.5 Å². The standard InChI is InChI=1S/C11H24N2O2/c1-4-11(5-2,9-12)10(14)13-7-6-8-15-3/h4-9,12H2,1-3H3,(H,13,14). The average Bonchev–Trinajstić information content (AvgIpc) is 2.28. The number of rotatable bonds is 8. The van der Waals surface area contributed by atoms with Crippen molar-refractivity contribution in [2.75, 3.05) is 26.8 Å². The van der Waals surface area contributed by atoms with Crippen LogP contribution in [0.4, 0.5) is 0 Å². The first kappa shape index (κ1) is 14.4. The Hall–Kier alpha value is -0.610. The Morgan fingerprint density at radius 1 is 1.40 bits per heavy atom. The zero-order valence-electron chi connectivity index (χ0n) is 10.1. The number of carbonyl (C=O) groups excluding carboxylic acids is 1. The molecule has 0 unspecified atom stereocenters. The van der Waals surface area contributed by atoms with Crippen LogP contribution >= 0.6 is 0 Å². The van der Waals surface area contributed by atoms with E-state index in [2.05, 4.69) is 5.32 Å². The van der Waals surface area contributed by atoms with Gasteiger partial charge in [-0.1, -0.05) is 13.8 Å². The number of nitrogens with two attached hydrogens (primary N) is 1. The van der Waals surface area contributed by atoms with Crippen LogP contribution in [0.3, 0.4) is 0 Å². The molecule has 0 rings (SSSR count). The summed E-state index contributed by atoms with van der Waals surface area (Å²) in [7, 11) is 1.66. The third kappa shape index (κ3) is 4.18. The number of nitrogens with one attached hydrogen (secondary N) is 1. The summed E-state index contributed by atoms with van der Waals surface area (Å²) >= 11 is 0. The lowest BCUT2D eigenvalue weighted by Crippen LogP contribution is -2.45. The second-order valence-electron chi connectivity index (χ2n) is 3.79. The van der Waals surface area contributed by atoms with Gasteiger partial charge in [0.25, 0.3) is 0 Å². The number of hydrogen-bond acceptors (Lipinski definition) is 3. The molecular weight excluding hydrogens is 192 g/mol. The van der Waals surface area contributed by atoms with E-state index in [0.29, 0.717) is 19.7 Å². The van der Waals surface area contributed by atoms with Crippen LogP contribution in [0.2, 0.25) is 0 Å². The molecular formula is C11H24N2O2. The van der Waals surface area contributed by atoms with Gasteiger partial charge in [-0.3, -0.25) is 4.79 Å². The molecule has 15 heavy (non-hydrogen) atoms. The van der Waals surface area contributed by atoms with Crippen molar-refractivity contribution in [2.24, 2.45) is 11.1 Å². The molecule has 0 heterocycles. The highest BCUT2D eigenvalue weighted by molar-refractivity contribution is 5.82. The van der Waals surface area contributed by atoms with Gasteiger partial charge in [0.1, 0.15) is 0 Å². The molecule has 0 aromatic carbocycles. The zero-order chi connectivity index (χ0) is 11.7. The Kier molecular flexibility index (Phi) is 7.34. The maximum atomic E-state index is 11.9. The van der Waals surface area contributed by atoms with Gasteiger partial charge in [0.2, 0.25) is 5.91 Å². The van der Waals surface area contributed by atoms with E-state index in [1.54, 1.807) is 7.11 Å². The quantitative estimate of drug-likeness (QED) is 0.593. The molecule has 1 amide bonds. The highest BCUT2D eigenvalue weighted by Crippen LogP contribution is 2.24. The van der Waals surface area contributed by atoms with Crippen molar-refractivity contribution in [3.8, 4) is 0 Å². The lowest BCUT2D eigenvalue weighted by molar-refractivity contribution is -0.131. The van der Waals surface area contributed by atoms with Crippen LogP contribution in [-0.2, 0) is 9.53 Å². The van der Waals surface area contributed by atoms with Gasteiger partial charge in [-0.25, -0.2) is 0 Å². The predicted octanol–water partition coefficient (Wildman–Crippen LogP) is 0.904. The number of amides is 1. The highest BCUT2D eigenvalue weighted by Gasteiger charge is 2.32. The largest absolute Gasteiger partial charge is 0.385 e. The molecule has 0 aliphatic rings. The summed E-state index contributed by atoms with van der Waals surface area (Å²) in [6, 6.07) is 0. The van der Waals surface area contributed by atoms with E-state index in [1.807, 2.05) is 13.8 Å². The van der Waals surface area contributed by atoms with Crippen LogP contribution in [0.15, 0.2) is 0 Å². The van der Waals surface area contributed by atoms with E-state index >= 15 is 0 Å². The summed E-state index contributed by atoms with van der Waals surface area (Å²) in [6.07, 6.45) is 2.42. The minimum absolute atomic E-state index is 0.0751. The SMILES string of the molecule is CCC(CC)(CN)C(=O)NCCCOC. The van der Waals surface area contributed by atoms with Crippen LogP contribution in [0.5, 0.6) is 0 Å². The normalized spacial score (nSPS) is 11.5. The third-order valence-corrected chi connectivity index (χ3v) is 3.04. The fourth-order valence-corrected chi connectivity index (χ4v) is 1.56. The van der Waals surface area contributed by atoms with Crippen molar-refractivity contribution in [3.05, 3.63) is 0 Å². The molecule has 0 aliphatic heterocycles. The smallest absolute Gasteiger partial charge is 0.227 e. The van der Waals surface area contributed by atoms with Gasteiger partial charge in [0, 0.05) is 26.8 Å². The van der Waals surface area contributed by atoms with Crippen molar-refractivity contribution < 1.29 is 9.53 Å². The number of ether oxygens (including phenoxy) is 1. The number of methoxy groups -OCH3 is 1. The van der Waals surface area contributed by atoms with E-state index in [0.717, 1.165) is 19.3 Å². The molecule has 0 atom stereocenters. The summed E-state index contributed by atoms with van der Waals surface area (Å²) in [5.74, 6) is 0.0751. The Labute approximate surface area is 92.6 Å². The zero-order valence-corrected chi connectivity index (χ0v) is 10.1. The minimum Gasteiger partial charge on any atom is -0.385 e. The van der Waals surface area contributed by atoms with E-state index < -0.39 is 0 Å². The summed E-state index contributed by atoms with van der Waals surface area (Å²) in [5.41, 5.74) is 5.29. The molecule has 0 saturated heterocycles. The summed E-state index contributed by atoms with van der Waals surface area (Å²) in [4.78, 5) is 11.9. The van der Waals surface area contributed by atoms with Gasteiger partial charge in [-0.2, -0.15) is 0 Å².